The van der Waals surface area contributed by atoms with Crippen molar-refractivity contribution >= 4 is 11.4 Å². The zero-order chi connectivity index (χ0) is 14.7. The predicted octanol–water partition coefficient (Wildman–Crippen LogP) is 3.24. The number of aliphatic hydroxyl groups is 1. The molecule has 3 heteroatoms. The third-order valence-electron chi connectivity index (χ3n) is 5.32. The van der Waals surface area contributed by atoms with E-state index in [1.807, 2.05) is 13.0 Å². The molecule has 0 aromatic heterocycles. The van der Waals surface area contributed by atoms with E-state index in [0.717, 1.165) is 18.4 Å². The highest BCUT2D eigenvalue weighted by atomic mass is 16.3. The van der Waals surface area contributed by atoms with Gasteiger partial charge in [-0.1, -0.05) is 25.1 Å². The molecule has 3 aliphatic carbocycles. The number of aliphatic hydroxyl groups excluding tert-OH is 1. The van der Waals surface area contributed by atoms with Crippen LogP contribution in [-0.4, -0.2) is 16.0 Å². The van der Waals surface area contributed by atoms with Gasteiger partial charge in [0.1, 0.15) is 11.5 Å². The second kappa shape index (κ2) is 4.23. The van der Waals surface area contributed by atoms with Gasteiger partial charge in [-0.25, -0.2) is 0 Å². The van der Waals surface area contributed by atoms with Crippen molar-refractivity contribution < 1.29 is 15.0 Å². The minimum Gasteiger partial charge on any atom is -0.511 e. The lowest BCUT2D eigenvalue weighted by Crippen LogP contribution is -2.22. The van der Waals surface area contributed by atoms with E-state index in [4.69, 9.17) is 0 Å². The fourth-order valence-corrected chi connectivity index (χ4v) is 4.39. The summed E-state index contributed by atoms with van der Waals surface area (Å²) in [6.45, 7) is 2.01. The molecule has 0 aliphatic heterocycles. The molecular weight excluding hydrogens is 264 g/mol. The van der Waals surface area contributed by atoms with Crippen LogP contribution >= 0.6 is 0 Å². The summed E-state index contributed by atoms with van der Waals surface area (Å²) in [5, 5.41) is 20.4. The van der Waals surface area contributed by atoms with Gasteiger partial charge in [0.05, 0.1) is 5.57 Å². The zero-order valence-corrected chi connectivity index (χ0v) is 11.9. The van der Waals surface area contributed by atoms with Crippen LogP contribution in [0, 0.1) is 23.7 Å². The summed E-state index contributed by atoms with van der Waals surface area (Å²) in [5.41, 5.74) is 2.13. The maximum atomic E-state index is 12.8. The highest BCUT2D eigenvalue weighted by molar-refractivity contribution is 6.25. The fraction of sp³-hybridized carbons (Fsp3) is 0.389. The van der Waals surface area contributed by atoms with Gasteiger partial charge in [-0.2, -0.15) is 0 Å². The Morgan fingerprint density at radius 2 is 1.86 bits per heavy atom. The summed E-state index contributed by atoms with van der Waals surface area (Å²) >= 11 is 0. The molecule has 0 radical (unpaired) electrons. The molecule has 0 saturated heterocycles. The van der Waals surface area contributed by atoms with Crippen molar-refractivity contribution in [1.82, 2.24) is 0 Å². The highest BCUT2D eigenvalue weighted by Crippen LogP contribution is 2.57. The molecule has 0 spiro atoms. The Bertz CT molecular complexity index is 698. The summed E-state index contributed by atoms with van der Waals surface area (Å²) in [6.07, 6.45) is 6.02. The van der Waals surface area contributed by atoms with Crippen LogP contribution in [0.2, 0.25) is 0 Å². The van der Waals surface area contributed by atoms with Crippen LogP contribution < -0.4 is 0 Å². The summed E-state index contributed by atoms with van der Waals surface area (Å²) in [5.74, 6) is 0.847. The third kappa shape index (κ3) is 1.57. The van der Waals surface area contributed by atoms with E-state index in [0.29, 0.717) is 17.1 Å². The monoisotopic (exact) mass is 282 g/mol. The fourth-order valence-electron chi connectivity index (χ4n) is 4.39. The molecule has 4 unspecified atom stereocenters. The van der Waals surface area contributed by atoms with E-state index in [-0.39, 0.29) is 35.0 Å². The van der Waals surface area contributed by atoms with E-state index in [1.54, 1.807) is 12.1 Å². The van der Waals surface area contributed by atoms with Crippen molar-refractivity contribution in [2.75, 3.05) is 0 Å². The Labute approximate surface area is 123 Å². The molecule has 4 rings (SSSR count). The summed E-state index contributed by atoms with van der Waals surface area (Å²) in [7, 11) is 0. The molecule has 2 bridgehead atoms. The van der Waals surface area contributed by atoms with Gasteiger partial charge in [0.2, 0.25) is 0 Å². The topological polar surface area (TPSA) is 57.5 Å². The number of phenolic OH excluding ortho intramolecular Hbond substituents is 1. The SMILES string of the molecule is CCc1ccc(O)cc1C1=C(O)C2C3C=CC(C3)C2C1=O. The number of aryl methyl sites for hydroxylation is 1. The number of rotatable bonds is 2. The van der Waals surface area contributed by atoms with Crippen molar-refractivity contribution in [1.29, 1.82) is 0 Å². The van der Waals surface area contributed by atoms with Gasteiger partial charge in [-0.3, -0.25) is 4.79 Å². The average molecular weight is 282 g/mol. The smallest absolute Gasteiger partial charge is 0.171 e. The molecular formula is C18H18O3. The molecule has 1 saturated carbocycles. The first-order valence-electron chi connectivity index (χ1n) is 7.59. The number of allylic oxidation sites excluding steroid dienone is 4. The number of hydrogen-bond acceptors (Lipinski definition) is 3. The maximum Gasteiger partial charge on any atom is 0.171 e. The number of fused-ring (bicyclic) bond motifs is 5. The summed E-state index contributed by atoms with van der Waals surface area (Å²) in [4.78, 5) is 12.8. The van der Waals surface area contributed by atoms with Crippen LogP contribution in [0.15, 0.2) is 36.1 Å². The Balaban J connectivity index is 1.86. The standard InChI is InChI=1S/C18H18O3/c1-2-9-5-6-12(19)8-13(9)16-17(20)14-10-3-4-11(7-10)15(14)18(16)21/h3-6,8,10-11,14-15,19-20H,2,7H2,1H3. The number of carbonyl (C=O) groups excluding carboxylic acids is 1. The molecule has 1 aromatic rings. The van der Waals surface area contributed by atoms with Gasteiger partial charge < -0.3 is 10.2 Å². The van der Waals surface area contributed by atoms with Crippen LogP contribution in [0.1, 0.15) is 24.5 Å². The first-order valence-corrected chi connectivity index (χ1v) is 7.59. The Kier molecular flexibility index (Phi) is 2.56. The van der Waals surface area contributed by atoms with Gasteiger partial charge in [-0.05, 0) is 47.9 Å². The number of benzene rings is 1. The Morgan fingerprint density at radius 3 is 2.52 bits per heavy atom. The molecule has 0 amide bonds. The summed E-state index contributed by atoms with van der Waals surface area (Å²) in [6, 6.07) is 5.07. The van der Waals surface area contributed by atoms with Crippen molar-refractivity contribution in [3.05, 3.63) is 47.2 Å². The first kappa shape index (κ1) is 12.7. The molecule has 3 aliphatic rings. The first-order chi connectivity index (χ1) is 10.1. The van der Waals surface area contributed by atoms with Gasteiger partial charge in [0.15, 0.2) is 5.78 Å². The number of ketones is 1. The van der Waals surface area contributed by atoms with Crippen molar-refractivity contribution in [2.24, 2.45) is 23.7 Å². The third-order valence-corrected chi connectivity index (χ3v) is 5.32. The Hall–Kier alpha value is -2.03. The van der Waals surface area contributed by atoms with E-state index in [9.17, 15) is 15.0 Å². The predicted molar refractivity (Wildman–Crippen MR) is 79.8 cm³/mol. The average Bonchev–Trinajstić information content (AvgIpc) is 3.13. The lowest BCUT2D eigenvalue weighted by atomic mass is 9.84. The van der Waals surface area contributed by atoms with Crippen LogP contribution in [0.25, 0.3) is 5.57 Å². The van der Waals surface area contributed by atoms with Gasteiger partial charge >= 0.3 is 0 Å². The van der Waals surface area contributed by atoms with Crippen molar-refractivity contribution in [2.45, 2.75) is 19.8 Å². The number of aromatic hydroxyl groups is 1. The lowest BCUT2D eigenvalue weighted by molar-refractivity contribution is -0.118. The van der Waals surface area contributed by atoms with Crippen LogP contribution in [0.5, 0.6) is 5.75 Å². The van der Waals surface area contributed by atoms with Gasteiger partial charge in [-0.15, -0.1) is 0 Å². The molecule has 2 N–H and O–H groups in total. The van der Waals surface area contributed by atoms with Gasteiger partial charge in [0, 0.05) is 11.8 Å². The van der Waals surface area contributed by atoms with E-state index in [1.165, 1.54) is 0 Å². The second-order valence-corrected chi connectivity index (χ2v) is 6.32. The molecule has 1 aromatic carbocycles. The zero-order valence-electron chi connectivity index (χ0n) is 11.9. The van der Waals surface area contributed by atoms with Crippen molar-refractivity contribution in [3.8, 4) is 5.75 Å². The van der Waals surface area contributed by atoms with Crippen LogP contribution in [0.3, 0.4) is 0 Å². The normalized spacial score (nSPS) is 33.1. The van der Waals surface area contributed by atoms with Crippen LogP contribution in [-0.2, 0) is 11.2 Å². The van der Waals surface area contributed by atoms with E-state index >= 15 is 0 Å². The summed E-state index contributed by atoms with van der Waals surface area (Å²) < 4.78 is 0. The van der Waals surface area contributed by atoms with E-state index < -0.39 is 0 Å². The number of phenols is 1. The highest BCUT2D eigenvalue weighted by Gasteiger charge is 2.55. The van der Waals surface area contributed by atoms with E-state index in [2.05, 4.69) is 12.2 Å². The quantitative estimate of drug-likeness (QED) is 0.819. The molecule has 1 fully saturated rings. The second-order valence-electron chi connectivity index (χ2n) is 6.32. The molecule has 3 nitrogen and oxygen atoms in total. The minimum absolute atomic E-state index is 0.0467. The molecule has 108 valence electrons. The largest absolute Gasteiger partial charge is 0.511 e. The number of hydrogen-bond donors (Lipinski definition) is 2. The molecule has 21 heavy (non-hydrogen) atoms. The lowest BCUT2D eigenvalue weighted by Gasteiger charge is -2.19. The molecule has 4 atom stereocenters. The number of Topliss-reactive ketones (excluding diaryl/α,β-unsaturated/α-hetero) is 1. The molecule has 0 heterocycles. The minimum atomic E-state index is -0.0953. The van der Waals surface area contributed by atoms with Crippen LogP contribution in [0.4, 0.5) is 0 Å². The van der Waals surface area contributed by atoms with Gasteiger partial charge in [0.25, 0.3) is 0 Å². The van der Waals surface area contributed by atoms with Crippen molar-refractivity contribution in [3.63, 3.8) is 0 Å². The maximum absolute atomic E-state index is 12.8. The Morgan fingerprint density at radius 1 is 1.14 bits per heavy atom. The number of carbonyl (C=O) groups is 1.